The lowest BCUT2D eigenvalue weighted by molar-refractivity contribution is -0.138. The van der Waals surface area contributed by atoms with Gasteiger partial charge < -0.3 is 18.8 Å². The summed E-state index contributed by atoms with van der Waals surface area (Å²) >= 11 is 0. The van der Waals surface area contributed by atoms with Gasteiger partial charge in [0.25, 0.3) is 0 Å². The number of carbonyl (C=O) groups is 1. The highest BCUT2D eigenvalue weighted by atomic mass is 16.5. The Balaban J connectivity index is 1.20. The molecule has 0 unspecified atom stereocenters. The molecular weight excluding hydrogens is 524 g/mol. The van der Waals surface area contributed by atoms with E-state index in [4.69, 9.17) is 14.5 Å². The summed E-state index contributed by atoms with van der Waals surface area (Å²) in [7, 11) is 1.68. The van der Waals surface area contributed by atoms with Crippen LogP contribution in [0.2, 0.25) is 0 Å². The third kappa shape index (κ3) is 6.22. The van der Waals surface area contributed by atoms with Crippen molar-refractivity contribution < 1.29 is 14.3 Å². The van der Waals surface area contributed by atoms with E-state index in [-0.39, 0.29) is 12.5 Å². The van der Waals surface area contributed by atoms with E-state index in [9.17, 15) is 4.79 Å². The Labute approximate surface area is 246 Å². The highest BCUT2D eigenvalue weighted by Crippen LogP contribution is 2.30. The molecule has 1 saturated heterocycles. The summed E-state index contributed by atoms with van der Waals surface area (Å²) in [6.45, 7) is 6.32. The van der Waals surface area contributed by atoms with Crippen LogP contribution in [0.25, 0.3) is 28.0 Å². The van der Waals surface area contributed by atoms with Gasteiger partial charge in [-0.25, -0.2) is 4.98 Å². The number of hydrogen-bond donors (Lipinski definition) is 0. The zero-order valence-corrected chi connectivity index (χ0v) is 24.2. The number of fused-ring (bicyclic) bond motifs is 1. The normalized spacial score (nSPS) is 13.9. The van der Waals surface area contributed by atoms with Crippen molar-refractivity contribution >= 4 is 11.6 Å². The van der Waals surface area contributed by atoms with E-state index in [1.807, 2.05) is 47.4 Å². The van der Waals surface area contributed by atoms with Gasteiger partial charge in [0.05, 0.1) is 25.1 Å². The highest BCUT2D eigenvalue weighted by molar-refractivity contribution is 5.77. The van der Waals surface area contributed by atoms with E-state index in [2.05, 4.69) is 71.0 Å². The lowest BCUT2D eigenvalue weighted by atomic mass is 10.1. The number of benzene rings is 3. The number of rotatable bonds is 9. The predicted molar refractivity (Wildman–Crippen MR) is 165 cm³/mol. The average molecular weight is 561 g/mol. The number of carbonyl (C=O) groups excluding carboxylic acids is 1. The summed E-state index contributed by atoms with van der Waals surface area (Å²) in [5.74, 6) is 0.862. The number of nitrogens with zero attached hydrogens (tertiary/aromatic N) is 4. The Hall–Kier alpha value is -4.46. The van der Waals surface area contributed by atoms with Crippen LogP contribution in [0.3, 0.4) is 0 Å². The molecule has 7 heteroatoms. The summed E-state index contributed by atoms with van der Waals surface area (Å²) in [6, 6.07) is 30.9. The molecule has 6 rings (SSSR count). The fourth-order valence-electron chi connectivity index (χ4n) is 5.51. The summed E-state index contributed by atoms with van der Waals surface area (Å²) in [4.78, 5) is 22.2. The number of ether oxygens (including phenoxy) is 2. The Morgan fingerprint density at radius 3 is 2.33 bits per heavy atom. The molecule has 7 nitrogen and oxygen atoms in total. The van der Waals surface area contributed by atoms with Crippen LogP contribution in [-0.4, -0.2) is 65.0 Å². The quantitative estimate of drug-likeness (QED) is 0.227. The molecule has 1 fully saturated rings. The van der Waals surface area contributed by atoms with Gasteiger partial charge in [-0.2, -0.15) is 0 Å². The molecule has 214 valence electrons. The van der Waals surface area contributed by atoms with Crippen LogP contribution in [0, 0.1) is 6.92 Å². The largest absolute Gasteiger partial charge is 0.497 e. The van der Waals surface area contributed by atoms with E-state index < -0.39 is 0 Å². The van der Waals surface area contributed by atoms with Gasteiger partial charge in [-0.15, -0.1) is 0 Å². The number of piperazine rings is 1. The molecule has 0 aliphatic carbocycles. The van der Waals surface area contributed by atoms with Gasteiger partial charge >= 0.3 is 0 Å². The Bertz CT molecular complexity index is 1660. The first-order chi connectivity index (χ1) is 20.6. The smallest absolute Gasteiger partial charge is 0.248 e. The lowest BCUT2D eigenvalue weighted by Crippen LogP contribution is -2.49. The highest BCUT2D eigenvalue weighted by Gasteiger charge is 2.24. The number of aryl methyl sites for hydroxylation is 1. The summed E-state index contributed by atoms with van der Waals surface area (Å²) in [5, 5.41) is 0. The fourth-order valence-corrected chi connectivity index (χ4v) is 5.51. The van der Waals surface area contributed by atoms with Crippen LogP contribution in [0.1, 0.15) is 16.8 Å². The summed E-state index contributed by atoms with van der Waals surface area (Å²) in [5.41, 5.74) is 8.70. The number of pyridine rings is 1. The Morgan fingerprint density at radius 2 is 1.60 bits per heavy atom. The first-order valence-corrected chi connectivity index (χ1v) is 14.4. The van der Waals surface area contributed by atoms with Gasteiger partial charge in [-0.05, 0) is 60.0 Å². The van der Waals surface area contributed by atoms with Gasteiger partial charge in [-0.1, -0.05) is 60.2 Å². The molecule has 1 aliphatic heterocycles. The first kappa shape index (κ1) is 27.7. The van der Waals surface area contributed by atoms with Gasteiger partial charge in [0.1, 0.15) is 18.0 Å². The number of methoxy groups -OCH3 is 1. The topological polar surface area (TPSA) is 59.3 Å². The first-order valence-electron chi connectivity index (χ1n) is 14.4. The molecular formula is C35H36N4O3. The van der Waals surface area contributed by atoms with Crippen molar-refractivity contribution in [2.75, 3.05) is 39.9 Å². The van der Waals surface area contributed by atoms with Crippen molar-refractivity contribution in [2.45, 2.75) is 20.1 Å². The molecule has 3 aromatic carbocycles. The van der Waals surface area contributed by atoms with E-state index in [1.54, 1.807) is 7.11 Å². The Kier molecular flexibility index (Phi) is 8.30. The van der Waals surface area contributed by atoms with Crippen molar-refractivity contribution in [3.05, 3.63) is 114 Å². The van der Waals surface area contributed by atoms with E-state index in [0.29, 0.717) is 19.7 Å². The molecule has 0 radical (unpaired) electrons. The molecule has 0 N–H and O–H groups in total. The van der Waals surface area contributed by atoms with Crippen LogP contribution >= 0.6 is 0 Å². The van der Waals surface area contributed by atoms with E-state index in [1.165, 1.54) is 11.1 Å². The minimum Gasteiger partial charge on any atom is -0.497 e. The van der Waals surface area contributed by atoms with E-state index in [0.717, 1.165) is 59.1 Å². The van der Waals surface area contributed by atoms with Crippen molar-refractivity contribution in [1.82, 2.24) is 19.2 Å². The maximum absolute atomic E-state index is 12.8. The summed E-state index contributed by atoms with van der Waals surface area (Å²) in [6.07, 6.45) is 2.20. The van der Waals surface area contributed by atoms with Gasteiger partial charge in [-0.3, -0.25) is 9.69 Å². The second-order valence-electron chi connectivity index (χ2n) is 10.8. The molecule has 1 amide bonds. The van der Waals surface area contributed by atoms with Crippen LogP contribution in [0.5, 0.6) is 5.75 Å². The fraction of sp³-hybridized carbons (Fsp3) is 0.257. The molecule has 0 atom stereocenters. The van der Waals surface area contributed by atoms with Crippen molar-refractivity contribution in [1.29, 1.82) is 0 Å². The van der Waals surface area contributed by atoms with E-state index >= 15 is 0 Å². The van der Waals surface area contributed by atoms with Crippen LogP contribution < -0.4 is 4.74 Å². The number of imidazole rings is 1. The van der Waals surface area contributed by atoms with Gasteiger partial charge in [0, 0.05) is 44.5 Å². The molecule has 0 bridgehead atoms. The number of aromatic nitrogens is 2. The molecule has 3 heterocycles. The zero-order chi connectivity index (χ0) is 28.9. The standard InChI is InChI=1S/C35H36N4O3/c1-26-7-6-10-29(21-26)30-13-16-33-36-35(28-11-14-31(41-2)15-12-28)32(39(33)22-30)23-37-17-19-38(20-18-37)34(40)25-42-24-27-8-4-3-5-9-27/h3-16,21-22H,17-20,23-25H2,1-2H3. The predicted octanol–water partition coefficient (Wildman–Crippen LogP) is 5.85. The lowest BCUT2D eigenvalue weighted by Gasteiger charge is -2.34. The molecule has 5 aromatic rings. The minimum absolute atomic E-state index is 0.0436. The van der Waals surface area contributed by atoms with Gasteiger partial charge in [0.2, 0.25) is 5.91 Å². The molecule has 0 spiro atoms. The van der Waals surface area contributed by atoms with Crippen LogP contribution in [-0.2, 0) is 22.7 Å². The monoisotopic (exact) mass is 560 g/mol. The maximum Gasteiger partial charge on any atom is 0.248 e. The average Bonchev–Trinajstić information content (AvgIpc) is 3.39. The second-order valence-corrected chi connectivity index (χ2v) is 10.8. The number of hydrogen-bond acceptors (Lipinski definition) is 5. The zero-order valence-electron chi connectivity index (χ0n) is 24.2. The molecule has 2 aromatic heterocycles. The maximum atomic E-state index is 12.8. The third-order valence-electron chi connectivity index (χ3n) is 7.87. The second kappa shape index (κ2) is 12.6. The van der Waals surface area contributed by atoms with Gasteiger partial charge in [0.15, 0.2) is 0 Å². The summed E-state index contributed by atoms with van der Waals surface area (Å²) < 4.78 is 13.3. The van der Waals surface area contributed by atoms with Crippen molar-refractivity contribution in [3.8, 4) is 28.1 Å². The van der Waals surface area contributed by atoms with Crippen molar-refractivity contribution in [3.63, 3.8) is 0 Å². The minimum atomic E-state index is 0.0436. The third-order valence-corrected chi connectivity index (χ3v) is 7.87. The Morgan fingerprint density at radius 1 is 0.833 bits per heavy atom. The van der Waals surface area contributed by atoms with Crippen LogP contribution in [0.15, 0.2) is 97.2 Å². The molecule has 0 saturated carbocycles. The van der Waals surface area contributed by atoms with Crippen molar-refractivity contribution in [2.24, 2.45) is 0 Å². The molecule has 1 aliphatic rings. The molecule has 42 heavy (non-hydrogen) atoms. The number of amides is 1. The SMILES string of the molecule is COc1ccc(-c2nc3ccc(-c4cccc(C)c4)cn3c2CN2CCN(C(=O)COCc3ccccc3)CC2)cc1. The van der Waals surface area contributed by atoms with Crippen LogP contribution in [0.4, 0.5) is 0 Å².